The molecule has 3 aromatic rings. The zero-order chi connectivity index (χ0) is 19.6. The molecule has 6 nitrogen and oxygen atoms in total. The number of hydrogen-bond acceptors (Lipinski definition) is 5. The number of para-hydroxylation sites is 1. The van der Waals surface area contributed by atoms with Crippen LogP contribution in [0.3, 0.4) is 0 Å². The van der Waals surface area contributed by atoms with Crippen molar-refractivity contribution in [3.05, 3.63) is 78.6 Å². The van der Waals surface area contributed by atoms with E-state index in [2.05, 4.69) is 4.90 Å². The fourth-order valence-corrected chi connectivity index (χ4v) is 4.45. The summed E-state index contributed by atoms with van der Waals surface area (Å²) in [4.78, 5) is 16.8. The number of furan rings is 1. The zero-order valence-electron chi connectivity index (χ0n) is 15.2. The first-order valence-electron chi connectivity index (χ1n) is 9.05. The molecule has 2 heterocycles. The van der Waals surface area contributed by atoms with Gasteiger partial charge in [-0.3, -0.25) is 4.79 Å². The van der Waals surface area contributed by atoms with Crippen LogP contribution < -0.4 is 4.90 Å². The van der Waals surface area contributed by atoms with E-state index in [0.717, 1.165) is 5.69 Å². The fourth-order valence-electron chi connectivity index (χ4n) is 3.26. The van der Waals surface area contributed by atoms with Gasteiger partial charge in [0.2, 0.25) is 14.9 Å². The van der Waals surface area contributed by atoms with E-state index in [1.807, 2.05) is 30.3 Å². The highest BCUT2D eigenvalue weighted by atomic mass is 32.2. The van der Waals surface area contributed by atoms with Crippen LogP contribution in [0.5, 0.6) is 0 Å². The Hall–Kier alpha value is -3.06. The van der Waals surface area contributed by atoms with Gasteiger partial charge in [-0.05, 0) is 36.4 Å². The van der Waals surface area contributed by atoms with Crippen LogP contribution in [0.4, 0.5) is 5.69 Å². The summed E-state index contributed by atoms with van der Waals surface area (Å²) >= 11 is 0. The molecule has 0 radical (unpaired) electrons. The molecule has 0 N–H and O–H groups in total. The molecule has 0 atom stereocenters. The number of benzene rings is 2. The molecule has 7 heteroatoms. The molecule has 1 fully saturated rings. The van der Waals surface area contributed by atoms with E-state index in [1.54, 1.807) is 23.1 Å². The Bertz CT molecular complexity index is 1050. The molecule has 2 aromatic carbocycles. The van der Waals surface area contributed by atoms with Crippen LogP contribution in [0.15, 0.2) is 87.2 Å². The monoisotopic (exact) mass is 396 g/mol. The third kappa shape index (κ3) is 3.53. The molecule has 0 aliphatic carbocycles. The van der Waals surface area contributed by atoms with Crippen LogP contribution >= 0.6 is 0 Å². The van der Waals surface area contributed by atoms with Gasteiger partial charge < -0.3 is 14.2 Å². The number of sulfone groups is 1. The standard InChI is InChI=1S/C21H20N2O4S/c24-21(23-15-13-22(14-16-23)17-7-3-1-4-8-17)19-11-12-20(27-19)28(25,26)18-9-5-2-6-10-18/h1-12H,13-16H2. The average Bonchev–Trinajstić information content (AvgIpc) is 3.26. The van der Waals surface area contributed by atoms with Crippen LogP contribution in [-0.4, -0.2) is 45.4 Å². The molecule has 0 spiro atoms. The predicted octanol–water partition coefficient (Wildman–Crippen LogP) is 3.07. The highest BCUT2D eigenvalue weighted by molar-refractivity contribution is 7.91. The SMILES string of the molecule is O=C(c1ccc(S(=O)(=O)c2ccccc2)o1)N1CCN(c2ccccc2)CC1. The number of nitrogens with zero attached hydrogens (tertiary/aromatic N) is 2. The Kier molecular flexibility index (Phi) is 4.92. The highest BCUT2D eigenvalue weighted by Gasteiger charge is 2.27. The van der Waals surface area contributed by atoms with Crippen molar-refractivity contribution < 1.29 is 17.6 Å². The molecule has 1 aliphatic heterocycles. The predicted molar refractivity (Wildman–Crippen MR) is 105 cm³/mol. The summed E-state index contributed by atoms with van der Waals surface area (Å²) in [5, 5.41) is -0.218. The lowest BCUT2D eigenvalue weighted by molar-refractivity contribution is 0.0709. The van der Waals surface area contributed by atoms with Gasteiger partial charge in [-0.15, -0.1) is 0 Å². The first kappa shape index (κ1) is 18.3. The minimum atomic E-state index is -3.77. The summed E-state index contributed by atoms with van der Waals surface area (Å²) < 4.78 is 30.7. The lowest BCUT2D eigenvalue weighted by Crippen LogP contribution is -2.48. The van der Waals surface area contributed by atoms with Crippen LogP contribution in [0.25, 0.3) is 0 Å². The molecule has 1 aromatic heterocycles. The molecule has 144 valence electrons. The molecular weight excluding hydrogens is 376 g/mol. The minimum absolute atomic E-state index is 0.0441. The van der Waals surface area contributed by atoms with E-state index in [4.69, 9.17) is 4.42 Å². The molecule has 0 unspecified atom stereocenters. The van der Waals surface area contributed by atoms with Gasteiger partial charge in [-0.1, -0.05) is 36.4 Å². The number of rotatable bonds is 4. The van der Waals surface area contributed by atoms with Gasteiger partial charge >= 0.3 is 0 Å². The maximum Gasteiger partial charge on any atom is 0.289 e. The topological polar surface area (TPSA) is 70.8 Å². The van der Waals surface area contributed by atoms with Gasteiger partial charge in [0.05, 0.1) is 4.90 Å². The van der Waals surface area contributed by atoms with Crippen LogP contribution in [0.2, 0.25) is 0 Å². The minimum Gasteiger partial charge on any atom is -0.439 e. The summed E-state index contributed by atoms with van der Waals surface area (Å²) in [5.41, 5.74) is 1.13. The lowest BCUT2D eigenvalue weighted by atomic mass is 10.2. The Morgan fingerprint density at radius 1 is 0.786 bits per heavy atom. The third-order valence-electron chi connectivity index (χ3n) is 4.80. The van der Waals surface area contributed by atoms with Crippen molar-refractivity contribution in [1.29, 1.82) is 0 Å². The van der Waals surface area contributed by atoms with E-state index >= 15 is 0 Å². The Labute approximate surface area is 163 Å². The second-order valence-electron chi connectivity index (χ2n) is 6.55. The van der Waals surface area contributed by atoms with E-state index < -0.39 is 9.84 Å². The molecule has 1 amide bonds. The fraction of sp³-hybridized carbons (Fsp3) is 0.190. The van der Waals surface area contributed by atoms with Gasteiger partial charge in [0.15, 0.2) is 5.76 Å². The van der Waals surface area contributed by atoms with Crippen molar-refractivity contribution in [2.75, 3.05) is 31.1 Å². The number of amides is 1. The van der Waals surface area contributed by atoms with E-state index in [0.29, 0.717) is 26.2 Å². The molecular formula is C21H20N2O4S. The van der Waals surface area contributed by atoms with Crippen LogP contribution in [0, 0.1) is 0 Å². The Morgan fingerprint density at radius 2 is 1.39 bits per heavy atom. The van der Waals surface area contributed by atoms with Crippen LogP contribution in [0.1, 0.15) is 10.6 Å². The molecule has 1 saturated heterocycles. The van der Waals surface area contributed by atoms with Crippen molar-refractivity contribution in [3.63, 3.8) is 0 Å². The van der Waals surface area contributed by atoms with Crippen molar-refractivity contribution in [1.82, 2.24) is 4.90 Å². The quantitative estimate of drug-likeness (QED) is 0.678. The second kappa shape index (κ2) is 7.52. The zero-order valence-corrected chi connectivity index (χ0v) is 16.0. The van der Waals surface area contributed by atoms with Gasteiger partial charge in [0.1, 0.15) is 0 Å². The van der Waals surface area contributed by atoms with Gasteiger partial charge in [-0.25, -0.2) is 8.42 Å². The van der Waals surface area contributed by atoms with E-state index in [9.17, 15) is 13.2 Å². The Morgan fingerprint density at radius 3 is 2.04 bits per heavy atom. The number of hydrogen-bond donors (Lipinski definition) is 0. The molecule has 28 heavy (non-hydrogen) atoms. The highest BCUT2D eigenvalue weighted by Crippen LogP contribution is 2.24. The van der Waals surface area contributed by atoms with Gasteiger partial charge in [-0.2, -0.15) is 0 Å². The number of piperazine rings is 1. The largest absolute Gasteiger partial charge is 0.439 e. The summed E-state index contributed by atoms with van der Waals surface area (Å²) in [5.74, 6) is -0.245. The van der Waals surface area contributed by atoms with Gasteiger partial charge in [0.25, 0.3) is 5.91 Å². The van der Waals surface area contributed by atoms with Crippen molar-refractivity contribution in [3.8, 4) is 0 Å². The van der Waals surface area contributed by atoms with E-state index in [1.165, 1.54) is 24.3 Å². The average molecular weight is 396 g/mol. The lowest BCUT2D eigenvalue weighted by Gasteiger charge is -2.35. The number of carbonyl (C=O) groups is 1. The van der Waals surface area contributed by atoms with E-state index in [-0.39, 0.29) is 21.7 Å². The van der Waals surface area contributed by atoms with Crippen molar-refractivity contribution in [2.45, 2.75) is 9.99 Å². The van der Waals surface area contributed by atoms with Crippen molar-refractivity contribution >= 4 is 21.4 Å². The summed E-state index contributed by atoms with van der Waals surface area (Å²) in [6, 6.07) is 20.9. The maximum absolute atomic E-state index is 12.7. The smallest absolute Gasteiger partial charge is 0.289 e. The van der Waals surface area contributed by atoms with Crippen molar-refractivity contribution in [2.24, 2.45) is 0 Å². The number of carbonyl (C=O) groups excluding carboxylic acids is 1. The molecule has 1 aliphatic rings. The van der Waals surface area contributed by atoms with Crippen LogP contribution in [-0.2, 0) is 9.84 Å². The first-order valence-corrected chi connectivity index (χ1v) is 10.5. The third-order valence-corrected chi connectivity index (χ3v) is 6.44. The summed E-state index contributed by atoms with van der Waals surface area (Å²) in [6.07, 6.45) is 0. The summed E-state index contributed by atoms with van der Waals surface area (Å²) in [7, 11) is -3.77. The molecule has 0 saturated carbocycles. The normalized spacial score (nSPS) is 14.9. The maximum atomic E-state index is 12.7. The molecule has 0 bridgehead atoms. The summed E-state index contributed by atoms with van der Waals surface area (Å²) in [6.45, 7) is 2.53. The first-order chi connectivity index (χ1) is 13.6. The Balaban J connectivity index is 1.46. The second-order valence-corrected chi connectivity index (χ2v) is 8.43. The molecule has 4 rings (SSSR count). The number of anilines is 1. The van der Waals surface area contributed by atoms with Gasteiger partial charge in [0, 0.05) is 31.9 Å².